The summed E-state index contributed by atoms with van der Waals surface area (Å²) in [6.07, 6.45) is 0.650. The Balaban J connectivity index is 2.21. The number of benzene rings is 1. The van der Waals surface area contributed by atoms with Crippen LogP contribution in [0, 0.1) is 0 Å². The van der Waals surface area contributed by atoms with Gasteiger partial charge in [-0.25, -0.2) is 9.18 Å². The third-order valence-electron chi connectivity index (χ3n) is 3.25. The van der Waals surface area contributed by atoms with E-state index in [4.69, 9.17) is 5.11 Å². The Morgan fingerprint density at radius 1 is 1.53 bits per heavy atom. The summed E-state index contributed by atoms with van der Waals surface area (Å²) >= 11 is 0. The van der Waals surface area contributed by atoms with Gasteiger partial charge in [-0.2, -0.15) is 0 Å². The molecular formula is C13H16FNO2. The Morgan fingerprint density at radius 3 is 2.82 bits per heavy atom. The molecule has 0 bridgehead atoms. The van der Waals surface area contributed by atoms with E-state index in [1.807, 2.05) is 11.9 Å². The van der Waals surface area contributed by atoms with Gasteiger partial charge in [0.05, 0.1) is 5.56 Å². The first-order valence-electron chi connectivity index (χ1n) is 5.69. The van der Waals surface area contributed by atoms with Gasteiger partial charge in [0.2, 0.25) is 0 Å². The molecular weight excluding hydrogens is 221 g/mol. The molecule has 1 saturated heterocycles. The van der Waals surface area contributed by atoms with Crippen molar-refractivity contribution in [2.45, 2.75) is 18.5 Å². The summed E-state index contributed by atoms with van der Waals surface area (Å²) in [5.41, 5.74) is -0.503. The van der Waals surface area contributed by atoms with Gasteiger partial charge in [0.25, 0.3) is 0 Å². The van der Waals surface area contributed by atoms with Gasteiger partial charge >= 0.3 is 5.97 Å². The molecule has 92 valence electrons. The summed E-state index contributed by atoms with van der Waals surface area (Å²) in [7, 11) is 1.88. The molecule has 17 heavy (non-hydrogen) atoms. The Hall–Kier alpha value is -1.42. The Kier molecular flexibility index (Phi) is 3.15. The van der Waals surface area contributed by atoms with Gasteiger partial charge in [0.1, 0.15) is 5.67 Å². The molecule has 1 aromatic rings. The largest absolute Gasteiger partial charge is 0.478 e. The average molecular weight is 237 g/mol. The van der Waals surface area contributed by atoms with E-state index in [0.717, 1.165) is 6.54 Å². The molecule has 1 atom stereocenters. The van der Waals surface area contributed by atoms with Gasteiger partial charge in [-0.05, 0) is 25.1 Å². The van der Waals surface area contributed by atoms with E-state index in [1.165, 1.54) is 6.07 Å². The number of aromatic carboxylic acids is 1. The zero-order valence-electron chi connectivity index (χ0n) is 9.82. The summed E-state index contributed by atoms with van der Waals surface area (Å²) in [5, 5.41) is 9.04. The van der Waals surface area contributed by atoms with Gasteiger partial charge in [-0.15, -0.1) is 0 Å². The Labute approximate surface area is 99.9 Å². The van der Waals surface area contributed by atoms with Crippen LogP contribution in [0.15, 0.2) is 24.3 Å². The van der Waals surface area contributed by atoms with Gasteiger partial charge < -0.3 is 10.0 Å². The van der Waals surface area contributed by atoms with Gasteiger partial charge in [-0.1, -0.05) is 18.2 Å². The molecule has 4 heteroatoms. The fourth-order valence-corrected chi connectivity index (χ4v) is 2.40. The van der Waals surface area contributed by atoms with E-state index in [1.54, 1.807) is 18.2 Å². The molecule has 1 heterocycles. The van der Waals surface area contributed by atoms with Crippen molar-refractivity contribution in [2.24, 2.45) is 0 Å². The van der Waals surface area contributed by atoms with Crippen LogP contribution < -0.4 is 0 Å². The summed E-state index contributed by atoms with van der Waals surface area (Å²) < 4.78 is 14.5. The smallest absolute Gasteiger partial charge is 0.335 e. The number of likely N-dealkylation sites (tertiary alicyclic amines) is 1. The van der Waals surface area contributed by atoms with Crippen molar-refractivity contribution in [3.8, 4) is 0 Å². The lowest BCUT2D eigenvalue weighted by Gasteiger charge is -2.20. The first kappa shape index (κ1) is 12.0. The molecule has 0 radical (unpaired) electrons. The highest BCUT2D eigenvalue weighted by molar-refractivity contribution is 5.89. The highest BCUT2D eigenvalue weighted by Crippen LogP contribution is 2.29. The molecule has 1 unspecified atom stereocenters. The van der Waals surface area contributed by atoms with Crippen molar-refractivity contribution in [3.63, 3.8) is 0 Å². The van der Waals surface area contributed by atoms with Crippen LogP contribution in [0.3, 0.4) is 0 Å². The second-order valence-corrected chi connectivity index (χ2v) is 4.78. The van der Waals surface area contributed by atoms with Crippen LogP contribution in [0.4, 0.5) is 4.39 Å². The molecule has 1 aromatic carbocycles. The number of hydrogen-bond donors (Lipinski definition) is 1. The maximum Gasteiger partial charge on any atom is 0.335 e. The molecule has 3 nitrogen and oxygen atoms in total. The molecule has 0 saturated carbocycles. The standard InChI is InChI=1S/C13H16FNO2/c1-15-7-6-13(14,9-15)8-10-4-2-3-5-11(10)12(16)17/h2-5H,6-9H2,1H3,(H,16,17). The number of carbonyl (C=O) groups is 1. The van der Waals surface area contributed by atoms with Crippen molar-refractivity contribution in [2.75, 3.05) is 20.1 Å². The minimum atomic E-state index is -1.29. The van der Waals surface area contributed by atoms with Crippen molar-refractivity contribution < 1.29 is 14.3 Å². The number of halogens is 1. The summed E-state index contributed by atoms with van der Waals surface area (Å²) in [6, 6.07) is 6.64. The fraction of sp³-hybridized carbons (Fsp3) is 0.462. The minimum Gasteiger partial charge on any atom is -0.478 e. The quantitative estimate of drug-likeness (QED) is 0.873. The Bertz CT molecular complexity index is 435. The van der Waals surface area contributed by atoms with Gasteiger partial charge in [0, 0.05) is 19.5 Å². The number of nitrogens with zero attached hydrogens (tertiary/aromatic N) is 1. The number of hydrogen-bond acceptors (Lipinski definition) is 2. The number of rotatable bonds is 3. The molecule has 1 N–H and O–H groups in total. The van der Waals surface area contributed by atoms with Crippen molar-refractivity contribution in [1.29, 1.82) is 0 Å². The van der Waals surface area contributed by atoms with Crippen LogP contribution in [-0.2, 0) is 6.42 Å². The fourth-order valence-electron chi connectivity index (χ4n) is 2.40. The van der Waals surface area contributed by atoms with Crippen molar-refractivity contribution >= 4 is 5.97 Å². The molecule has 0 spiro atoms. The minimum absolute atomic E-state index is 0.180. The number of carboxylic acid groups (broad SMARTS) is 1. The molecule has 1 aliphatic rings. The first-order valence-corrected chi connectivity index (χ1v) is 5.69. The molecule has 0 aliphatic carbocycles. The van der Waals surface area contributed by atoms with Crippen LogP contribution in [0.1, 0.15) is 22.3 Å². The Morgan fingerprint density at radius 2 is 2.24 bits per heavy atom. The maximum atomic E-state index is 14.5. The summed E-state index contributed by atoms with van der Waals surface area (Å²) in [6.45, 7) is 1.10. The lowest BCUT2D eigenvalue weighted by atomic mass is 9.92. The van der Waals surface area contributed by atoms with E-state index in [0.29, 0.717) is 18.5 Å². The number of alkyl halides is 1. The molecule has 2 rings (SSSR count). The summed E-state index contributed by atoms with van der Waals surface area (Å²) in [5.74, 6) is -0.990. The maximum absolute atomic E-state index is 14.5. The van der Waals surface area contributed by atoms with Crippen LogP contribution in [0.25, 0.3) is 0 Å². The lowest BCUT2D eigenvalue weighted by Crippen LogP contribution is -2.30. The second-order valence-electron chi connectivity index (χ2n) is 4.78. The monoisotopic (exact) mass is 237 g/mol. The third-order valence-corrected chi connectivity index (χ3v) is 3.25. The van der Waals surface area contributed by atoms with Crippen LogP contribution in [-0.4, -0.2) is 41.8 Å². The van der Waals surface area contributed by atoms with E-state index >= 15 is 0 Å². The zero-order chi connectivity index (χ0) is 12.5. The topological polar surface area (TPSA) is 40.5 Å². The van der Waals surface area contributed by atoms with Crippen LogP contribution in [0.2, 0.25) is 0 Å². The van der Waals surface area contributed by atoms with Crippen LogP contribution >= 0.6 is 0 Å². The van der Waals surface area contributed by atoms with E-state index < -0.39 is 11.6 Å². The van der Waals surface area contributed by atoms with Crippen LogP contribution in [0.5, 0.6) is 0 Å². The predicted octanol–water partition coefficient (Wildman–Crippen LogP) is 1.97. The van der Waals surface area contributed by atoms with E-state index in [2.05, 4.69) is 0 Å². The molecule has 0 aromatic heterocycles. The molecule has 1 fully saturated rings. The second kappa shape index (κ2) is 4.45. The first-order chi connectivity index (χ1) is 8.00. The normalized spacial score (nSPS) is 25.1. The predicted molar refractivity (Wildman–Crippen MR) is 63.1 cm³/mol. The molecule has 0 amide bonds. The van der Waals surface area contributed by atoms with Gasteiger partial charge in [-0.3, -0.25) is 0 Å². The lowest BCUT2D eigenvalue weighted by molar-refractivity contribution is 0.0694. The van der Waals surface area contributed by atoms with E-state index in [-0.39, 0.29) is 12.0 Å². The highest BCUT2D eigenvalue weighted by atomic mass is 19.1. The highest BCUT2D eigenvalue weighted by Gasteiger charge is 2.37. The number of carboxylic acids is 1. The summed E-state index contributed by atoms with van der Waals surface area (Å²) in [4.78, 5) is 13.0. The SMILES string of the molecule is CN1CCC(F)(Cc2ccccc2C(=O)O)C1. The third kappa shape index (κ3) is 2.64. The molecule has 1 aliphatic heterocycles. The zero-order valence-corrected chi connectivity index (χ0v) is 9.82. The van der Waals surface area contributed by atoms with E-state index in [9.17, 15) is 9.18 Å². The van der Waals surface area contributed by atoms with Gasteiger partial charge in [0.15, 0.2) is 0 Å². The van der Waals surface area contributed by atoms with Crippen molar-refractivity contribution in [3.05, 3.63) is 35.4 Å². The average Bonchev–Trinajstić information content (AvgIpc) is 2.59. The van der Waals surface area contributed by atoms with Crippen molar-refractivity contribution in [1.82, 2.24) is 4.90 Å².